The van der Waals surface area contributed by atoms with Gasteiger partial charge < -0.3 is 10.1 Å². The van der Waals surface area contributed by atoms with Gasteiger partial charge >= 0.3 is 6.55 Å². The summed E-state index contributed by atoms with van der Waals surface area (Å²) < 4.78 is 31.0. The molecule has 0 fully saturated rings. The summed E-state index contributed by atoms with van der Waals surface area (Å²) in [7, 11) is 1.63. The van der Waals surface area contributed by atoms with E-state index in [-0.39, 0.29) is 12.4 Å². The van der Waals surface area contributed by atoms with Gasteiger partial charge in [-0.2, -0.15) is 13.9 Å². The summed E-state index contributed by atoms with van der Waals surface area (Å²) in [5, 5.41) is 6.72. The van der Waals surface area contributed by atoms with Crippen LogP contribution in [0.2, 0.25) is 0 Å². The van der Waals surface area contributed by atoms with Crippen molar-refractivity contribution < 1.29 is 13.5 Å². The topological polar surface area (TPSA) is 39.1 Å². The zero-order valence-corrected chi connectivity index (χ0v) is 12.4. The maximum absolute atomic E-state index is 12.6. The molecule has 4 nitrogen and oxygen atoms in total. The van der Waals surface area contributed by atoms with Gasteiger partial charge in [0.2, 0.25) is 0 Å². The van der Waals surface area contributed by atoms with Crippen molar-refractivity contribution >= 4 is 12.4 Å². The highest BCUT2D eigenvalue weighted by Crippen LogP contribution is 2.13. The molecule has 0 aliphatic rings. The summed E-state index contributed by atoms with van der Waals surface area (Å²) in [5.41, 5.74) is 1.62. The van der Waals surface area contributed by atoms with E-state index in [0.717, 1.165) is 22.4 Å². The summed E-state index contributed by atoms with van der Waals surface area (Å²) in [6, 6.07) is 9.38. The first-order valence-corrected chi connectivity index (χ1v) is 6.35. The first-order valence-electron chi connectivity index (χ1n) is 6.35. The van der Waals surface area contributed by atoms with Crippen LogP contribution in [0.5, 0.6) is 5.75 Å². The molecular weight excluding hydrogens is 300 g/mol. The van der Waals surface area contributed by atoms with Crippen LogP contribution in [-0.2, 0) is 13.0 Å². The predicted molar refractivity (Wildman–Crippen MR) is 79.1 cm³/mol. The van der Waals surface area contributed by atoms with E-state index in [4.69, 9.17) is 4.74 Å². The lowest BCUT2D eigenvalue weighted by Crippen LogP contribution is -2.19. The summed E-state index contributed by atoms with van der Waals surface area (Å²) in [5.74, 6) is 0.818. The van der Waals surface area contributed by atoms with Crippen LogP contribution in [0.1, 0.15) is 17.8 Å². The van der Waals surface area contributed by atoms with Crippen LogP contribution in [0, 0.1) is 0 Å². The van der Waals surface area contributed by atoms with Crippen LogP contribution < -0.4 is 10.1 Å². The number of hydrogen-bond acceptors (Lipinski definition) is 3. The monoisotopic (exact) mass is 317 g/mol. The molecule has 0 bridgehead atoms. The molecule has 0 amide bonds. The molecule has 0 radical (unpaired) electrons. The number of ether oxygens (including phenoxy) is 1. The standard InChI is InChI=1S/C14H17F2N3O.ClH/c1-20-13-4-2-3-11(9-13)5-7-17-10-12-6-8-18-19(12)14(15)16;/h2-4,6,8-9,14,17H,5,7,10H2,1H3;1H. The molecule has 2 rings (SSSR count). The van der Waals surface area contributed by atoms with Crippen molar-refractivity contribution in [3.8, 4) is 5.75 Å². The Bertz CT molecular complexity index is 549. The number of aromatic nitrogens is 2. The normalized spacial score (nSPS) is 10.5. The van der Waals surface area contributed by atoms with Gasteiger partial charge in [-0.25, -0.2) is 4.68 Å². The van der Waals surface area contributed by atoms with E-state index >= 15 is 0 Å². The van der Waals surface area contributed by atoms with Gasteiger partial charge in [-0.3, -0.25) is 0 Å². The minimum Gasteiger partial charge on any atom is -0.497 e. The van der Waals surface area contributed by atoms with E-state index in [9.17, 15) is 8.78 Å². The van der Waals surface area contributed by atoms with E-state index in [1.165, 1.54) is 6.20 Å². The summed E-state index contributed by atoms with van der Waals surface area (Å²) in [6.45, 7) is -1.53. The van der Waals surface area contributed by atoms with Crippen LogP contribution >= 0.6 is 12.4 Å². The van der Waals surface area contributed by atoms with Gasteiger partial charge in [0.1, 0.15) is 5.75 Å². The third-order valence-corrected chi connectivity index (χ3v) is 2.97. The van der Waals surface area contributed by atoms with Crippen LogP contribution in [0.15, 0.2) is 36.5 Å². The molecule has 1 N–H and O–H groups in total. The molecule has 0 spiro atoms. The predicted octanol–water partition coefficient (Wildman–Crippen LogP) is 3.04. The molecule has 1 aromatic heterocycles. The maximum Gasteiger partial charge on any atom is 0.333 e. The highest BCUT2D eigenvalue weighted by molar-refractivity contribution is 5.85. The Morgan fingerprint density at radius 1 is 1.33 bits per heavy atom. The van der Waals surface area contributed by atoms with E-state index in [2.05, 4.69) is 10.4 Å². The number of methoxy groups -OCH3 is 1. The van der Waals surface area contributed by atoms with E-state index in [1.54, 1.807) is 13.2 Å². The third-order valence-electron chi connectivity index (χ3n) is 2.97. The molecule has 2 aromatic rings. The van der Waals surface area contributed by atoms with E-state index < -0.39 is 6.55 Å². The number of benzene rings is 1. The molecule has 0 atom stereocenters. The van der Waals surface area contributed by atoms with Crippen LogP contribution in [-0.4, -0.2) is 23.4 Å². The van der Waals surface area contributed by atoms with Gasteiger partial charge in [-0.05, 0) is 36.7 Å². The van der Waals surface area contributed by atoms with Crippen molar-refractivity contribution in [1.82, 2.24) is 15.1 Å². The number of hydrogen-bond donors (Lipinski definition) is 1. The Hall–Kier alpha value is -1.66. The summed E-state index contributed by atoms with van der Waals surface area (Å²) in [4.78, 5) is 0. The molecule has 7 heteroatoms. The number of nitrogens with zero attached hydrogens (tertiary/aromatic N) is 2. The Morgan fingerprint density at radius 2 is 2.14 bits per heavy atom. The summed E-state index contributed by atoms with van der Waals surface area (Å²) >= 11 is 0. The minimum atomic E-state index is -2.60. The molecule has 0 unspecified atom stereocenters. The minimum absolute atomic E-state index is 0. The number of nitrogens with one attached hydrogen (secondary N) is 1. The molecular formula is C14H18ClF2N3O. The molecule has 0 saturated carbocycles. The fourth-order valence-electron chi connectivity index (χ4n) is 1.93. The van der Waals surface area contributed by atoms with Crippen molar-refractivity contribution in [3.05, 3.63) is 47.8 Å². The van der Waals surface area contributed by atoms with Gasteiger partial charge in [-0.15, -0.1) is 12.4 Å². The maximum atomic E-state index is 12.6. The van der Waals surface area contributed by atoms with Gasteiger partial charge in [0.15, 0.2) is 0 Å². The van der Waals surface area contributed by atoms with Gasteiger partial charge in [0, 0.05) is 12.7 Å². The quantitative estimate of drug-likeness (QED) is 0.798. The van der Waals surface area contributed by atoms with Crippen LogP contribution in [0.4, 0.5) is 8.78 Å². The van der Waals surface area contributed by atoms with Gasteiger partial charge in [0.05, 0.1) is 12.8 Å². The second-order valence-corrected chi connectivity index (χ2v) is 4.32. The SMILES string of the molecule is COc1cccc(CCNCc2ccnn2C(F)F)c1.Cl. The zero-order chi connectivity index (χ0) is 14.4. The van der Waals surface area contributed by atoms with Crippen LogP contribution in [0.25, 0.3) is 0 Å². The lowest BCUT2D eigenvalue weighted by atomic mass is 10.1. The lowest BCUT2D eigenvalue weighted by molar-refractivity contribution is 0.0531. The molecule has 116 valence electrons. The largest absolute Gasteiger partial charge is 0.497 e. The Labute approximate surface area is 128 Å². The van der Waals surface area contributed by atoms with Crippen molar-refractivity contribution in [2.24, 2.45) is 0 Å². The molecule has 21 heavy (non-hydrogen) atoms. The molecule has 0 aliphatic carbocycles. The zero-order valence-electron chi connectivity index (χ0n) is 11.6. The number of rotatable bonds is 7. The van der Waals surface area contributed by atoms with Crippen molar-refractivity contribution in [1.29, 1.82) is 0 Å². The lowest BCUT2D eigenvalue weighted by Gasteiger charge is -2.08. The van der Waals surface area contributed by atoms with E-state index in [0.29, 0.717) is 18.8 Å². The smallest absolute Gasteiger partial charge is 0.333 e. The number of alkyl halides is 2. The van der Waals surface area contributed by atoms with Gasteiger partial charge in [0.25, 0.3) is 0 Å². The molecule has 0 saturated heterocycles. The second kappa shape index (κ2) is 8.59. The Kier molecular flexibility index (Phi) is 7.11. The molecule has 1 heterocycles. The fraction of sp³-hybridized carbons (Fsp3) is 0.357. The molecule has 1 aromatic carbocycles. The second-order valence-electron chi connectivity index (χ2n) is 4.32. The third kappa shape index (κ3) is 4.99. The first-order chi connectivity index (χ1) is 9.70. The fourth-order valence-corrected chi connectivity index (χ4v) is 1.93. The number of halogens is 3. The Balaban J connectivity index is 0.00000220. The van der Waals surface area contributed by atoms with Gasteiger partial charge in [-0.1, -0.05) is 12.1 Å². The van der Waals surface area contributed by atoms with Crippen molar-refractivity contribution in [2.45, 2.75) is 19.5 Å². The molecule has 0 aliphatic heterocycles. The highest BCUT2D eigenvalue weighted by atomic mass is 35.5. The average Bonchev–Trinajstić information content (AvgIpc) is 2.92. The Morgan fingerprint density at radius 3 is 2.86 bits per heavy atom. The van der Waals surface area contributed by atoms with Crippen LogP contribution in [0.3, 0.4) is 0 Å². The first kappa shape index (κ1) is 17.4. The van der Waals surface area contributed by atoms with Crippen molar-refractivity contribution in [2.75, 3.05) is 13.7 Å². The average molecular weight is 318 g/mol. The summed E-state index contributed by atoms with van der Waals surface area (Å²) in [6.07, 6.45) is 2.19. The highest BCUT2D eigenvalue weighted by Gasteiger charge is 2.10. The van der Waals surface area contributed by atoms with E-state index in [1.807, 2.05) is 24.3 Å². The van der Waals surface area contributed by atoms with Crippen molar-refractivity contribution in [3.63, 3.8) is 0 Å².